The molecule has 0 spiro atoms. The third-order valence-corrected chi connectivity index (χ3v) is 3.10. The highest BCUT2D eigenvalue weighted by Crippen LogP contribution is 2.19. The second-order valence-electron chi connectivity index (χ2n) is 4.66. The van der Waals surface area contributed by atoms with Gasteiger partial charge in [0.2, 0.25) is 0 Å². The standard InChI is InChI=1S/C17H18N2O3/c1-3-22-16(20)11-13-7-4-5-8-15(13)19-17(21)12(2)14-9-6-10-18-14/h4-10,18H,2-3,11H2,1H3,(H,19,21). The summed E-state index contributed by atoms with van der Waals surface area (Å²) < 4.78 is 4.94. The zero-order valence-electron chi connectivity index (χ0n) is 12.4. The molecule has 1 aromatic carbocycles. The van der Waals surface area contributed by atoms with Gasteiger partial charge in [0.05, 0.1) is 24.3 Å². The number of H-pyrrole nitrogens is 1. The molecule has 0 atom stereocenters. The first-order valence-electron chi connectivity index (χ1n) is 6.99. The number of rotatable bonds is 6. The number of anilines is 1. The van der Waals surface area contributed by atoms with Gasteiger partial charge >= 0.3 is 5.97 Å². The molecular formula is C17H18N2O3. The number of hydrogen-bond acceptors (Lipinski definition) is 3. The number of aromatic nitrogens is 1. The number of para-hydroxylation sites is 1. The van der Waals surface area contributed by atoms with E-state index in [2.05, 4.69) is 16.9 Å². The van der Waals surface area contributed by atoms with Crippen molar-refractivity contribution in [2.45, 2.75) is 13.3 Å². The molecule has 22 heavy (non-hydrogen) atoms. The predicted molar refractivity (Wildman–Crippen MR) is 85.2 cm³/mol. The van der Waals surface area contributed by atoms with Crippen molar-refractivity contribution in [3.8, 4) is 0 Å². The molecule has 2 aromatic rings. The Morgan fingerprint density at radius 3 is 2.68 bits per heavy atom. The maximum absolute atomic E-state index is 12.2. The third-order valence-electron chi connectivity index (χ3n) is 3.10. The van der Waals surface area contributed by atoms with Crippen molar-refractivity contribution in [2.75, 3.05) is 11.9 Å². The highest BCUT2D eigenvalue weighted by molar-refractivity contribution is 6.24. The molecule has 5 nitrogen and oxygen atoms in total. The Bertz CT molecular complexity index is 675. The lowest BCUT2D eigenvalue weighted by molar-refractivity contribution is -0.142. The van der Waals surface area contributed by atoms with Gasteiger partial charge in [-0.3, -0.25) is 9.59 Å². The van der Waals surface area contributed by atoms with Crippen LogP contribution in [0, 0.1) is 0 Å². The molecule has 0 aliphatic carbocycles. The van der Waals surface area contributed by atoms with E-state index in [0.29, 0.717) is 29.1 Å². The van der Waals surface area contributed by atoms with Crippen molar-refractivity contribution in [1.29, 1.82) is 0 Å². The van der Waals surface area contributed by atoms with E-state index in [1.807, 2.05) is 6.07 Å². The van der Waals surface area contributed by atoms with E-state index in [9.17, 15) is 9.59 Å². The summed E-state index contributed by atoms with van der Waals surface area (Å²) >= 11 is 0. The first kappa shape index (κ1) is 15.6. The van der Waals surface area contributed by atoms with Gasteiger partial charge in [-0.2, -0.15) is 0 Å². The number of esters is 1. The monoisotopic (exact) mass is 298 g/mol. The number of hydrogen-bond donors (Lipinski definition) is 2. The molecule has 1 aromatic heterocycles. The summed E-state index contributed by atoms with van der Waals surface area (Å²) in [6.07, 6.45) is 1.84. The Morgan fingerprint density at radius 2 is 2.00 bits per heavy atom. The predicted octanol–water partition coefficient (Wildman–Crippen LogP) is 2.77. The van der Waals surface area contributed by atoms with Crippen molar-refractivity contribution in [3.63, 3.8) is 0 Å². The molecule has 2 rings (SSSR count). The first-order chi connectivity index (χ1) is 10.6. The van der Waals surface area contributed by atoms with Crippen LogP contribution >= 0.6 is 0 Å². The number of carbonyl (C=O) groups is 2. The summed E-state index contributed by atoms with van der Waals surface area (Å²) in [5, 5.41) is 2.78. The van der Waals surface area contributed by atoms with Gasteiger partial charge in [0.25, 0.3) is 5.91 Å². The molecule has 0 aliphatic heterocycles. The van der Waals surface area contributed by atoms with Crippen LogP contribution in [0.15, 0.2) is 49.2 Å². The fraction of sp³-hybridized carbons (Fsp3) is 0.176. The maximum atomic E-state index is 12.2. The van der Waals surface area contributed by atoms with Crippen molar-refractivity contribution >= 4 is 23.1 Å². The Kier molecular flexibility index (Phi) is 5.14. The molecule has 114 valence electrons. The molecule has 2 N–H and O–H groups in total. The summed E-state index contributed by atoms with van der Waals surface area (Å²) in [5.74, 6) is -0.647. The van der Waals surface area contributed by atoms with Gasteiger partial charge in [-0.15, -0.1) is 0 Å². The fourth-order valence-corrected chi connectivity index (χ4v) is 2.00. The molecule has 0 aliphatic rings. The van der Waals surface area contributed by atoms with Gasteiger partial charge < -0.3 is 15.0 Å². The molecule has 0 saturated heterocycles. The molecule has 0 radical (unpaired) electrons. The van der Waals surface area contributed by atoms with Crippen LogP contribution in [-0.4, -0.2) is 23.5 Å². The first-order valence-corrected chi connectivity index (χ1v) is 6.99. The molecule has 0 bridgehead atoms. The van der Waals surface area contributed by atoms with E-state index < -0.39 is 0 Å². The zero-order chi connectivity index (χ0) is 15.9. The SMILES string of the molecule is C=C(C(=O)Nc1ccccc1CC(=O)OCC)c1ccc[nH]1. The fourth-order valence-electron chi connectivity index (χ4n) is 2.00. The van der Waals surface area contributed by atoms with Gasteiger partial charge in [-0.25, -0.2) is 0 Å². The van der Waals surface area contributed by atoms with Crippen molar-refractivity contribution in [1.82, 2.24) is 4.98 Å². The molecule has 0 saturated carbocycles. The van der Waals surface area contributed by atoms with Crippen LogP contribution in [0.5, 0.6) is 0 Å². The highest BCUT2D eigenvalue weighted by atomic mass is 16.5. The van der Waals surface area contributed by atoms with Gasteiger partial charge in [0.15, 0.2) is 0 Å². The van der Waals surface area contributed by atoms with Gasteiger partial charge in [-0.05, 0) is 30.7 Å². The van der Waals surface area contributed by atoms with Crippen molar-refractivity contribution in [3.05, 3.63) is 60.4 Å². The minimum absolute atomic E-state index is 0.110. The molecular weight excluding hydrogens is 280 g/mol. The molecule has 5 heteroatoms. The van der Waals surface area contributed by atoms with Crippen LogP contribution in [-0.2, 0) is 20.7 Å². The summed E-state index contributed by atoms with van der Waals surface area (Å²) in [5.41, 5.74) is 2.26. The number of ether oxygens (including phenoxy) is 1. The average molecular weight is 298 g/mol. The highest BCUT2D eigenvalue weighted by Gasteiger charge is 2.14. The number of nitrogens with one attached hydrogen (secondary N) is 2. The largest absolute Gasteiger partial charge is 0.466 e. The van der Waals surface area contributed by atoms with Gasteiger partial charge in [0, 0.05) is 11.9 Å². The van der Waals surface area contributed by atoms with E-state index in [1.165, 1.54) is 0 Å². The molecule has 0 fully saturated rings. The normalized spacial score (nSPS) is 10.0. The van der Waals surface area contributed by atoms with Crippen LogP contribution in [0.2, 0.25) is 0 Å². The Hall–Kier alpha value is -2.82. The number of benzene rings is 1. The van der Waals surface area contributed by atoms with E-state index in [0.717, 1.165) is 0 Å². The summed E-state index contributed by atoms with van der Waals surface area (Å²) in [7, 11) is 0. The molecule has 1 amide bonds. The number of aromatic amines is 1. The lowest BCUT2D eigenvalue weighted by atomic mass is 10.1. The Labute approximate surface area is 129 Å². The Balaban J connectivity index is 2.11. The van der Waals surface area contributed by atoms with Crippen LogP contribution in [0.3, 0.4) is 0 Å². The lowest BCUT2D eigenvalue weighted by Crippen LogP contribution is -2.16. The summed E-state index contributed by atoms with van der Waals surface area (Å²) in [4.78, 5) is 26.8. The lowest BCUT2D eigenvalue weighted by Gasteiger charge is -2.11. The smallest absolute Gasteiger partial charge is 0.310 e. The van der Waals surface area contributed by atoms with E-state index in [4.69, 9.17) is 4.74 Å². The van der Waals surface area contributed by atoms with E-state index in [-0.39, 0.29) is 18.3 Å². The molecule has 0 unspecified atom stereocenters. The average Bonchev–Trinajstić information content (AvgIpc) is 3.03. The van der Waals surface area contributed by atoms with Crippen LogP contribution in [0.4, 0.5) is 5.69 Å². The van der Waals surface area contributed by atoms with Gasteiger partial charge in [-0.1, -0.05) is 24.8 Å². The minimum atomic E-state index is -0.326. The van der Waals surface area contributed by atoms with Crippen LogP contribution in [0.25, 0.3) is 5.57 Å². The third kappa shape index (κ3) is 3.85. The van der Waals surface area contributed by atoms with Crippen LogP contribution in [0.1, 0.15) is 18.2 Å². The van der Waals surface area contributed by atoms with Crippen LogP contribution < -0.4 is 5.32 Å². The summed E-state index contributed by atoms with van der Waals surface area (Å²) in [6.45, 7) is 5.86. The topological polar surface area (TPSA) is 71.2 Å². The number of carbonyl (C=O) groups excluding carboxylic acids is 2. The zero-order valence-corrected chi connectivity index (χ0v) is 12.4. The Morgan fingerprint density at radius 1 is 1.23 bits per heavy atom. The second-order valence-corrected chi connectivity index (χ2v) is 4.66. The number of amides is 1. The molecule has 1 heterocycles. The van der Waals surface area contributed by atoms with E-state index >= 15 is 0 Å². The van der Waals surface area contributed by atoms with Crippen molar-refractivity contribution < 1.29 is 14.3 Å². The maximum Gasteiger partial charge on any atom is 0.310 e. The second kappa shape index (κ2) is 7.26. The summed E-state index contributed by atoms with van der Waals surface area (Å²) in [6, 6.07) is 10.7. The minimum Gasteiger partial charge on any atom is -0.466 e. The van der Waals surface area contributed by atoms with Gasteiger partial charge in [0.1, 0.15) is 0 Å². The quantitative estimate of drug-likeness (QED) is 0.636. The van der Waals surface area contributed by atoms with E-state index in [1.54, 1.807) is 43.5 Å². The van der Waals surface area contributed by atoms with Crippen molar-refractivity contribution in [2.24, 2.45) is 0 Å².